The molecule has 0 aromatic carbocycles. The molecule has 1 aliphatic heterocycles. The molecule has 1 fully saturated rings. The Labute approximate surface area is 110 Å². The van der Waals surface area contributed by atoms with Gasteiger partial charge in [0.1, 0.15) is 0 Å². The topological polar surface area (TPSA) is 79.2 Å². The SMILES string of the molecule is NC(=S)C1CCN(C(=O)c2ccc(=O)[nH]c2)CC1. The maximum Gasteiger partial charge on any atom is 0.255 e. The largest absolute Gasteiger partial charge is 0.393 e. The molecule has 1 amide bonds. The van der Waals surface area contributed by atoms with Crippen LogP contribution in [0.4, 0.5) is 0 Å². The Hall–Kier alpha value is -1.69. The van der Waals surface area contributed by atoms with E-state index < -0.39 is 0 Å². The lowest BCUT2D eigenvalue weighted by Crippen LogP contribution is -2.41. The molecule has 0 saturated carbocycles. The van der Waals surface area contributed by atoms with Crippen LogP contribution in [-0.2, 0) is 0 Å². The quantitative estimate of drug-likeness (QED) is 0.764. The van der Waals surface area contributed by atoms with E-state index in [0.29, 0.717) is 23.6 Å². The van der Waals surface area contributed by atoms with E-state index >= 15 is 0 Å². The van der Waals surface area contributed by atoms with Gasteiger partial charge in [-0.3, -0.25) is 9.59 Å². The summed E-state index contributed by atoms with van der Waals surface area (Å²) >= 11 is 4.96. The zero-order chi connectivity index (χ0) is 13.1. The predicted octanol–water partition coefficient (Wildman–Crippen LogP) is 0.513. The van der Waals surface area contributed by atoms with Gasteiger partial charge < -0.3 is 15.6 Å². The average molecular weight is 265 g/mol. The van der Waals surface area contributed by atoms with Gasteiger partial charge >= 0.3 is 0 Å². The van der Waals surface area contributed by atoms with Gasteiger partial charge in [-0.15, -0.1) is 0 Å². The van der Waals surface area contributed by atoms with Gasteiger partial charge in [-0.1, -0.05) is 12.2 Å². The molecule has 0 bridgehead atoms. The third-order valence-corrected chi connectivity index (χ3v) is 3.55. The summed E-state index contributed by atoms with van der Waals surface area (Å²) in [7, 11) is 0. The van der Waals surface area contributed by atoms with Crippen molar-refractivity contribution in [2.45, 2.75) is 12.8 Å². The van der Waals surface area contributed by atoms with E-state index in [9.17, 15) is 9.59 Å². The fraction of sp³-hybridized carbons (Fsp3) is 0.417. The second kappa shape index (κ2) is 5.30. The summed E-state index contributed by atoms with van der Waals surface area (Å²) in [5.41, 5.74) is 5.90. The first-order valence-corrected chi connectivity index (χ1v) is 6.26. The minimum absolute atomic E-state index is 0.0624. The summed E-state index contributed by atoms with van der Waals surface area (Å²) in [6, 6.07) is 2.90. The van der Waals surface area contributed by atoms with Crippen molar-refractivity contribution in [3.8, 4) is 0 Å². The number of nitrogens with two attached hydrogens (primary N) is 1. The molecule has 1 aliphatic rings. The van der Waals surface area contributed by atoms with Crippen LogP contribution < -0.4 is 11.3 Å². The molecule has 2 heterocycles. The molecule has 18 heavy (non-hydrogen) atoms. The number of thiocarbonyl (C=S) groups is 1. The van der Waals surface area contributed by atoms with Crippen molar-refractivity contribution in [1.29, 1.82) is 0 Å². The molecule has 5 nitrogen and oxygen atoms in total. The first-order chi connectivity index (χ1) is 8.58. The number of amides is 1. The summed E-state index contributed by atoms with van der Waals surface area (Å²) in [5, 5.41) is 0. The van der Waals surface area contributed by atoms with E-state index in [1.54, 1.807) is 11.0 Å². The van der Waals surface area contributed by atoms with Crippen LogP contribution >= 0.6 is 12.2 Å². The maximum absolute atomic E-state index is 12.1. The normalized spacial score (nSPS) is 16.6. The minimum atomic E-state index is -0.210. The van der Waals surface area contributed by atoms with Crippen molar-refractivity contribution in [2.75, 3.05) is 13.1 Å². The number of piperidine rings is 1. The van der Waals surface area contributed by atoms with Crippen molar-refractivity contribution in [1.82, 2.24) is 9.88 Å². The third kappa shape index (κ3) is 2.76. The number of carbonyl (C=O) groups is 1. The van der Waals surface area contributed by atoms with Crippen LogP contribution in [0.25, 0.3) is 0 Å². The van der Waals surface area contributed by atoms with E-state index in [2.05, 4.69) is 4.98 Å². The smallest absolute Gasteiger partial charge is 0.255 e. The number of nitrogens with zero attached hydrogens (tertiary/aromatic N) is 1. The summed E-state index contributed by atoms with van der Waals surface area (Å²) in [4.78, 5) is 27.9. The second-order valence-electron chi connectivity index (χ2n) is 4.41. The number of nitrogens with one attached hydrogen (secondary N) is 1. The molecule has 0 unspecified atom stereocenters. The highest BCUT2D eigenvalue weighted by Crippen LogP contribution is 2.18. The van der Waals surface area contributed by atoms with Gasteiger partial charge in [0.25, 0.3) is 5.91 Å². The maximum atomic E-state index is 12.1. The van der Waals surface area contributed by atoms with Gasteiger partial charge in [0, 0.05) is 31.3 Å². The number of hydrogen-bond donors (Lipinski definition) is 2. The number of aromatic nitrogens is 1. The number of likely N-dealkylation sites (tertiary alicyclic amines) is 1. The van der Waals surface area contributed by atoms with E-state index in [-0.39, 0.29) is 17.4 Å². The van der Waals surface area contributed by atoms with Crippen LogP contribution in [0.5, 0.6) is 0 Å². The average Bonchev–Trinajstić information content (AvgIpc) is 2.39. The standard InChI is InChI=1S/C12H15N3O2S/c13-11(18)8-3-5-15(6-4-8)12(17)9-1-2-10(16)14-7-9/h1-2,7-8H,3-6H2,(H2,13,18)(H,14,16). The van der Waals surface area contributed by atoms with Crippen molar-refractivity contribution < 1.29 is 4.79 Å². The Balaban J connectivity index is 2.01. The molecule has 2 rings (SSSR count). The van der Waals surface area contributed by atoms with Gasteiger partial charge in [-0.25, -0.2) is 0 Å². The lowest BCUT2D eigenvalue weighted by molar-refractivity contribution is 0.0710. The minimum Gasteiger partial charge on any atom is -0.393 e. The van der Waals surface area contributed by atoms with Crippen molar-refractivity contribution in [3.63, 3.8) is 0 Å². The molecule has 6 heteroatoms. The lowest BCUT2D eigenvalue weighted by Gasteiger charge is -2.31. The van der Waals surface area contributed by atoms with Crippen LogP contribution in [0.15, 0.2) is 23.1 Å². The summed E-state index contributed by atoms with van der Waals surface area (Å²) in [5.74, 6) is 0.173. The highest BCUT2D eigenvalue weighted by Gasteiger charge is 2.24. The van der Waals surface area contributed by atoms with Gasteiger partial charge in [-0.2, -0.15) is 0 Å². The van der Waals surface area contributed by atoms with E-state index in [4.69, 9.17) is 18.0 Å². The number of aromatic amines is 1. The fourth-order valence-electron chi connectivity index (χ4n) is 2.09. The first kappa shape index (κ1) is 12.8. The highest BCUT2D eigenvalue weighted by molar-refractivity contribution is 7.80. The molecule has 1 saturated heterocycles. The van der Waals surface area contributed by atoms with Crippen LogP contribution in [0, 0.1) is 5.92 Å². The molecule has 1 aromatic rings. The number of H-pyrrole nitrogens is 1. The predicted molar refractivity (Wildman–Crippen MR) is 72.5 cm³/mol. The Morgan fingerprint density at radius 2 is 2.06 bits per heavy atom. The number of pyridine rings is 1. The fourth-order valence-corrected chi connectivity index (χ4v) is 2.33. The molecule has 0 atom stereocenters. The van der Waals surface area contributed by atoms with Gasteiger partial charge in [0.2, 0.25) is 5.56 Å². The summed E-state index contributed by atoms with van der Waals surface area (Å²) in [6.07, 6.45) is 3.07. The van der Waals surface area contributed by atoms with Crippen molar-refractivity contribution in [2.24, 2.45) is 11.7 Å². The Kier molecular flexibility index (Phi) is 3.76. The van der Waals surface area contributed by atoms with Gasteiger partial charge in [0.05, 0.1) is 10.6 Å². The second-order valence-corrected chi connectivity index (χ2v) is 4.88. The molecule has 0 radical (unpaired) electrons. The Bertz CT molecular complexity index is 498. The number of hydrogen-bond acceptors (Lipinski definition) is 3. The van der Waals surface area contributed by atoms with Crippen LogP contribution in [0.1, 0.15) is 23.2 Å². The van der Waals surface area contributed by atoms with E-state index in [1.807, 2.05) is 0 Å². The monoisotopic (exact) mass is 265 g/mol. The lowest BCUT2D eigenvalue weighted by atomic mass is 9.96. The van der Waals surface area contributed by atoms with Gasteiger partial charge in [0.15, 0.2) is 0 Å². The van der Waals surface area contributed by atoms with Crippen LogP contribution in [0.2, 0.25) is 0 Å². The molecule has 96 valence electrons. The molecule has 1 aromatic heterocycles. The van der Waals surface area contributed by atoms with E-state index in [0.717, 1.165) is 12.8 Å². The molecule has 0 aliphatic carbocycles. The molecular weight excluding hydrogens is 250 g/mol. The third-order valence-electron chi connectivity index (χ3n) is 3.22. The zero-order valence-corrected chi connectivity index (χ0v) is 10.7. The summed E-state index contributed by atoms with van der Waals surface area (Å²) < 4.78 is 0. The Morgan fingerprint density at radius 3 is 2.56 bits per heavy atom. The highest BCUT2D eigenvalue weighted by atomic mass is 32.1. The van der Waals surface area contributed by atoms with Crippen LogP contribution in [0.3, 0.4) is 0 Å². The molecule has 0 spiro atoms. The zero-order valence-electron chi connectivity index (χ0n) is 9.89. The van der Waals surface area contributed by atoms with Crippen molar-refractivity contribution >= 4 is 23.1 Å². The van der Waals surface area contributed by atoms with Crippen molar-refractivity contribution in [3.05, 3.63) is 34.2 Å². The van der Waals surface area contributed by atoms with Gasteiger partial charge in [-0.05, 0) is 18.9 Å². The number of carbonyl (C=O) groups excluding carboxylic acids is 1. The first-order valence-electron chi connectivity index (χ1n) is 5.85. The van der Waals surface area contributed by atoms with E-state index in [1.165, 1.54) is 12.3 Å². The number of rotatable bonds is 2. The molecular formula is C12H15N3O2S. The van der Waals surface area contributed by atoms with Crippen LogP contribution in [-0.4, -0.2) is 33.9 Å². The summed E-state index contributed by atoms with van der Waals surface area (Å²) in [6.45, 7) is 1.31. The Morgan fingerprint density at radius 1 is 1.39 bits per heavy atom. The molecule has 3 N–H and O–H groups in total.